The van der Waals surface area contributed by atoms with Crippen molar-refractivity contribution in [1.29, 1.82) is 0 Å². The van der Waals surface area contributed by atoms with E-state index in [9.17, 15) is 20.0 Å². The molecule has 0 unspecified atom stereocenters. The van der Waals surface area contributed by atoms with Crippen molar-refractivity contribution in [2.45, 2.75) is 0 Å². The molecular formula is C18H13N3O5S2. The fourth-order valence-corrected chi connectivity index (χ4v) is 3.46. The molecule has 0 atom stereocenters. The average Bonchev–Trinajstić information content (AvgIpc) is 2.94. The first kappa shape index (κ1) is 19.5. The zero-order valence-corrected chi connectivity index (χ0v) is 16.1. The Bertz CT molecular complexity index is 1020. The molecule has 1 aliphatic rings. The predicted molar refractivity (Wildman–Crippen MR) is 110 cm³/mol. The van der Waals surface area contributed by atoms with Crippen molar-refractivity contribution in [3.05, 3.63) is 68.6 Å². The molecule has 0 aliphatic carbocycles. The number of benzene rings is 2. The lowest BCUT2D eigenvalue weighted by molar-refractivity contribution is -0.384. The van der Waals surface area contributed by atoms with Gasteiger partial charge in [-0.2, -0.15) is 10.1 Å². The number of phenols is 1. The predicted octanol–water partition coefficient (Wildman–Crippen LogP) is 3.54. The number of methoxy groups -OCH3 is 1. The van der Waals surface area contributed by atoms with E-state index in [0.717, 1.165) is 34.6 Å². The van der Waals surface area contributed by atoms with E-state index < -0.39 is 10.8 Å². The Balaban J connectivity index is 1.82. The topological polar surface area (TPSA) is 105 Å². The summed E-state index contributed by atoms with van der Waals surface area (Å²) in [6, 6.07) is 10.7. The molecule has 2 aromatic carbocycles. The highest BCUT2D eigenvalue weighted by molar-refractivity contribution is 8.26. The summed E-state index contributed by atoms with van der Waals surface area (Å²) in [5.41, 5.74) is 0.688. The molecule has 0 radical (unpaired) electrons. The number of hydrazone groups is 1. The van der Waals surface area contributed by atoms with Crippen molar-refractivity contribution >= 4 is 52.2 Å². The van der Waals surface area contributed by atoms with Crippen LogP contribution in [0.25, 0.3) is 6.08 Å². The van der Waals surface area contributed by atoms with E-state index in [1.165, 1.54) is 12.1 Å². The second kappa shape index (κ2) is 8.19. The van der Waals surface area contributed by atoms with E-state index in [4.69, 9.17) is 17.0 Å². The Labute approximate surface area is 169 Å². The number of carbonyl (C=O) groups excluding carboxylic acids is 1. The number of rotatable bonds is 5. The van der Waals surface area contributed by atoms with Gasteiger partial charge in [-0.3, -0.25) is 14.9 Å². The third-order valence-corrected chi connectivity index (χ3v) is 5.00. The number of aromatic hydroxyl groups is 1. The molecule has 142 valence electrons. The fraction of sp³-hybridized carbons (Fsp3) is 0.0556. The first-order valence-electron chi connectivity index (χ1n) is 7.82. The summed E-state index contributed by atoms with van der Waals surface area (Å²) in [5.74, 6) is 0.0756. The van der Waals surface area contributed by atoms with E-state index in [-0.39, 0.29) is 21.3 Å². The first-order valence-corrected chi connectivity index (χ1v) is 9.05. The number of hydrogen-bond acceptors (Lipinski definition) is 8. The Hall–Kier alpha value is -3.24. The van der Waals surface area contributed by atoms with E-state index in [1.807, 2.05) is 0 Å². The molecule has 0 saturated carbocycles. The van der Waals surface area contributed by atoms with Gasteiger partial charge < -0.3 is 9.84 Å². The second-order valence-electron chi connectivity index (χ2n) is 5.51. The van der Waals surface area contributed by atoms with Crippen LogP contribution in [0.1, 0.15) is 11.1 Å². The van der Waals surface area contributed by atoms with Crippen LogP contribution in [0.15, 0.2) is 52.5 Å². The molecule has 0 spiro atoms. The number of thiocarbonyl (C=S) groups is 1. The second-order valence-corrected chi connectivity index (χ2v) is 7.19. The largest absolute Gasteiger partial charge is 0.507 e. The standard InChI is InChI=1S/C18H13N3O5S2/c1-26-14-5-2-11(3-6-14)8-16-17(23)20(18(27)28-16)19-10-12-9-13(21(24)25)4-7-15(12)22/h2-10,22H,1H3/b16-8?,19-10+. The first-order chi connectivity index (χ1) is 13.4. The molecule has 2 aromatic rings. The van der Waals surface area contributed by atoms with Crippen LogP contribution in [-0.4, -0.2) is 38.6 Å². The molecule has 1 fully saturated rings. The maximum atomic E-state index is 12.6. The van der Waals surface area contributed by atoms with Crippen LogP contribution in [0.5, 0.6) is 11.5 Å². The van der Waals surface area contributed by atoms with Crippen LogP contribution in [0.4, 0.5) is 5.69 Å². The number of phenolic OH excluding ortho intramolecular Hbond substituents is 1. The molecule has 8 nitrogen and oxygen atoms in total. The Kier molecular flexibility index (Phi) is 5.71. The number of nitro benzene ring substituents is 1. The molecule has 1 amide bonds. The number of hydrogen-bond donors (Lipinski definition) is 1. The van der Waals surface area contributed by atoms with Gasteiger partial charge in [0.2, 0.25) is 0 Å². The molecule has 1 aliphatic heterocycles. The smallest absolute Gasteiger partial charge is 0.286 e. The highest BCUT2D eigenvalue weighted by atomic mass is 32.2. The third-order valence-electron chi connectivity index (χ3n) is 3.72. The summed E-state index contributed by atoms with van der Waals surface area (Å²) in [4.78, 5) is 23.2. The lowest BCUT2D eigenvalue weighted by Crippen LogP contribution is -2.22. The van der Waals surface area contributed by atoms with Crippen molar-refractivity contribution in [2.24, 2.45) is 5.10 Å². The summed E-state index contributed by atoms with van der Waals surface area (Å²) in [7, 11) is 1.57. The molecule has 1 heterocycles. The summed E-state index contributed by atoms with van der Waals surface area (Å²) in [6.45, 7) is 0. The van der Waals surface area contributed by atoms with Gasteiger partial charge in [0.15, 0.2) is 4.32 Å². The number of ether oxygens (including phenoxy) is 1. The Morgan fingerprint density at radius 1 is 1.29 bits per heavy atom. The van der Waals surface area contributed by atoms with Crippen LogP contribution in [0, 0.1) is 10.1 Å². The Morgan fingerprint density at radius 3 is 2.64 bits per heavy atom. The summed E-state index contributed by atoms with van der Waals surface area (Å²) in [5, 5.41) is 25.7. The molecule has 0 aromatic heterocycles. The quantitative estimate of drug-likeness (QED) is 0.262. The van der Waals surface area contributed by atoms with Crippen LogP contribution < -0.4 is 4.74 Å². The fourth-order valence-electron chi connectivity index (χ4n) is 2.29. The Morgan fingerprint density at radius 2 is 2.00 bits per heavy atom. The van der Waals surface area contributed by atoms with E-state index in [1.54, 1.807) is 37.5 Å². The third kappa shape index (κ3) is 4.18. The van der Waals surface area contributed by atoms with Gasteiger partial charge in [0, 0.05) is 17.7 Å². The number of carbonyl (C=O) groups is 1. The average molecular weight is 415 g/mol. The summed E-state index contributed by atoms with van der Waals surface area (Å²) in [6.07, 6.45) is 2.84. The minimum absolute atomic E-state index is 0.0994. The van der Waals surface area contributed by atoms with Gasteiger partial charge in [-0.05, 0) is 42.1 Å². The van der Waals surface area contributed by atoms with Crippen molar-refractivity contribution in [2.75, 3.05) is 7.11 Å². The minimum Gasteiger partial charge on any atom is -0.507 e. The zero-order chi connectivity index (χ0) is 20.3. The lowest BCUT2D eigenvalue weighted by atomic mass is 10.2. The van der Waals surface area contributed by atoms with Gasteiger partial charge in [-0.1, -0.05) is 23.9 Å². The minimum atomic E-state index is -0.589. The van der Waals surface area contributed by atoms with Crippen molar-refractivity contribution in [1.82, 2.24) is 5.01 Å². The maximum Gasteiger partial charge on any atom is 0.286 e. The zero-order valence-electron chi connectivity index (χ0n) is 14.4. The molecule has 1 saturated heterocycles. The van der Waals surface area contributed by atoms with E-state index in [2.05, 4.69) is 5.10 Å². The number of nitrogens with zero attached hydrogens (tertiary/aromatic N) is 3. The van der Waals surface area contributed by atoms with E-state index in [0.29, 0.717) is 10.7 Å². The number of nitro groups is 1. The molecule has 28 heavy (non-hydrogen) atoms. The molecule has 10 heteroatoms. The van der Waals surface area contributed by atoms with Crippen LogP contribution in [0.3, 0.4) is 0 Å². The van der Waals surface area contributed by atoms with Gasteiger partial charge in [-0.25, -0.2) is 0 Å². The molecule has 3 rings (SSSR count). The SMILES string of the molecule is COc1ccc(C=C2SC(=S)N(/N=C/c3cc([N+](=O)[O-])ccc3O)C2=O)cc1. The highest BCUT2D eigenvalue weighted by Crippen LogP contribution is 2.33. The van der Waals surface area contributed by atoms with Gasteiger partial charge in [-0.15, -0.1) is 0 Å². The maximum absolute atomic E-state index is 12.6. The summed E-state index contributed by atoms with van der Waals surface area (Å²) < 4.78 is 5.31. The van der Waals surface area contributed by atoms with Gasteiger partial charge in [0.05, 0.1) is 23.2 Å². The van der Waals surface area contributed by atoms with Crippen molar-refractivity contribution in [3.63, 3.8) is 0 Å². The van der Waals surface area contributed by atoms with E-state index >= 15 is 0 Å². The van der Waals surface area contributed by atoms with Gasteiger partial charge >= 0.3 is 0 Å². The van der Waals surface area contributed by atoms with Gasteiger partial charge in [0.1, 0.15) is 11.5 Å². The number of non-ortho nitro benzene ring substituents is 1. The number of thioether (sulfide) groups is 1. The van der Waals surface area contributed by atoms with Crippen LogP contribution >= 0.6 is 24.0 Å². The normalized spacial score (nSPS) is 15.6. The summed E-state index contributed by atoms with van der Waals surface area (Å²) >= 11 is 6.28. The van der Waals surface area contributed by atoms with Crippen molar-refractivity contribution in [3.8, 4) is 11.5 Å². The number of amides is 1. The van der Waals surface area contributed by atoms with Gasteiger partial charge in [0.25, 0.3) is 11.6 Å². The van der Waals surface area contributed by atoms with Crippen LogP contribution in [0.2, 0.25) is 0 Å². The van der Waals surface area contributed by atoms with Crippen LogP contribution in [-0.2, 0) is 4.79 Å². The van der Waals surface area contributed by atoms with Crippen molar-refractivity contribution < 1.29 is 19.6 Å². The monoisotopic (exact) mass is 415 g/mol. The highest BCUT2D eigenvalue weighted by Gasteiger charge is 2.32. The molecule has 0 bridgehead atoms. The lowest BCUT2D eigenvalue weighted by Gasteiger charge is -2.06. The molecule has 1 N–H and O–H groups in total. The molecular weight excluding hydrogens is 402 g/mol.